The highest BCUT2D eigenvalue weighted by Gasteiger charge is 2.31. The maximum atomic E-state index is 5.54. The van der Waals surface area contributed by atoms with Crippen molar-refractivity contribution in [3.63, 3.8) is 0 Å². The lowest BCUT2D eigenvalue weighted by atomic mass is 9.99. The van der Waals surface area contributed by atoms with Crippen molar-refractivity contribution in [1.82, 2.24) is 10.2 Å². The molecule has 0 aromatic heterocycles. The van der Waals surface area contributed by atoms with E-state index in [1.807, 2.05) is 0 Å². The smallest absolute Gasteiger partial charge is 0.0620 e. The molecule has 2 rings (SSSR count). The summed E-state index contributed by atoms with van der Waals surface area (Å²) in [5.41, 5.74) is 0. The molecule has 0 radical (unpaired) electrons. The standard InChI is InChI=1S/C14H28N2O/c1-11(2)14-5-4-7-16(14)12(3)9-13-10-17-8-6-15-13/h11-15H,4-10H2,1-3H3. The molecule has 100 valence electrons. The Labute approximate surface area is 106 Å². The molecule has 2 saturated heterocycles. The molecule has 0 amide bonds. The Morgan fingerprint density at radius 2 is 2.18 bits per heavy atom. The SMILES string of the molecule is CC(C)C1CCCN1C(C)CC1COCCN1. The van der Waals surface area contributed by atoms with Crippen LogP contribution in [0, 0.1) is 5.92 Å². The predicted octanol–water partition coefficient (Wildman–Crippen LogP) is 1.87. The van der Waals surface area contributed by atoms with Crippen LogP contribution >= 0.6 is 0 Å². The van der Waals surface area contributed by atoms with E-state index in [1.165, 1.54) is 25.8 Å². The first kappa shape index (κ1) is 13.3. The average molecular weight is 240 g/mol. The van der Waals surface area contributed by atoms with Gasteiger partial charge >= 0.3 is 0 Å². The van der Waals surface area contributed by atoms with Crippen LogP contribution in [0.3, 0.4) is 0 Å². The van der Waals surface area contributed by atoms with E-state index in [9.17, 15) is 0 Å². The molecule has 3 nitrogen and oxygen atoms in total. The monoisotopic (exact) mass is 240 g/mol. The van der Waals surface area contributed by atoms with Crippen molar-refractivity contribution in [2.75, 3.05) is 26.3 Å². The largest absolute Gasteiger partial charge is 0.379 e. The Morgan fingerprint density at radius 3 is 2.82 bits per heavy atom. The van der Waals surface area contributed by atoms with Gasteiger partial charge in [0, 0.05) is 24.7 Å². The summed E-state index contributed by atoms with van der Waals surface area (Å²) in [5.74, 6) is 0.788. The number of rotatable bonds is 4. The number of morpholine rings is 1. The van der Waals surface area contributed by atoms with Gasteiger partial charge in [-0.05, 0) is 38.6 Å². The number of hydrogen-bond donors (Lipinski definition) is 1. The van der Waals surface area contributed by atoms with Crippen LogP contribution in [0.5, 0.6) is 0 Å². The van der Waals surface area contributed by atoms with Crippen LogP contribution in [0.1, 0.15) is 40.0 Å². The molecule has 2 aliphatic rings. The summed E-state index contributed by atoms with van der Waals surface area (Å²) in [5, 5.41) is 3.57. The van der Waals surface area contributed by atoms with Crippen molar-refractivity contribution >= 4 is 0 Å². The molecule has 3 heteroatoms. The lowest BCUT2D eigenvalue weighted by Gasteiger charge is -2.36. The second-order valence-electron chi connectivity index (χ2n) is 6.00. The Kier molecular flexibility index (Phi) is 4.83. The van der Waals surface area contributed by atoms with E-state index in [4.69, 9.17) is 4.74 Å². The summed E-state index contributed by atoms with van der Waals surface area (Å²) in [6.45, 7) is 11.2. The molecule has 0 bridgehead atoms. The van der Waals surface area contributed by atoms with E-state index in [0.29, 0.717) is 12.1 Å². The van der Waals surface area contributed by atoms with Gasteiger partial charge in [0.05, 0.1) is 13.2 Å². The summed E-state index contributed by atoms with van der Waals surface area (Å²) in [4.78, 5) is 2.72. The van der Waals surface area contributed by atoms with Crippen LogP contribution in [0.2, 0.25) is 0 Å². The van der Waals surface area contributed by atoms with Crippen molar-refractivity contribution < 1.29 is 4.74 Å². The highest BCUT2D eigenvalue weighted by Crippen LogP contribution is 2.27. The fourth-order valence-corrected chi connectivity index (χ4v) is 3.40. The second-order valence-corrected chi connectivity index (χ2v) is 6.00. The molecular weight excluding hydrogens is 212 g/mol. The fourth-order valence-electron chi connectivity index (χ4n) is 3.40. The molecule has 2 aliphatic heterocycles. The third kappa shape index (κ3) is 3.43. The maximum Gasteiger partial charge on any atom is 0.0620 e. The zero-order valence-electron chi connectivity index (χ0n) is 11.6. The number of nitrogens with zero attached hydrogens (tertiary/aromatic N) is 1. The van der Waals surface area contributed by atoms with E-state index in [2.05, 4.69) is 31.0 Å². The normalized spacial score (nSPS) is 33.2. The van der Waals surface area contributed by atoms with Crippen molar-refractivity contribution in [2.24, 2.45) is 5.92 Å². The summed E-state index contributed by atoms with van der Waals surface area (Å²) in [6, 6.07) is 2.05. The second kappa shape index (κ2) is 6.17. The molecule has 0 aliphatic carbocycles. The highest BCUT2D eigenvalue weighted by atomic mass is 16.5. The number of likely N-dealkylation sites (tertiary alicyclic amines) is 1. The highest BCUT2D eigenvalue weighted by molar-refractivity contribution is 4.87. The zero-order valence-corrected chi connectivity index (χ0v) is 11.6. The van der Waals surface area contributed by atoms with E-state index in [1.54, 1.807) is 0 Å². The van der Waals surface area contributed by atoms with Crippen LogP contribution in [0.4, 0.5) is 0 Å². The van der Waals surface area contributed by atoms with Gasteiger partial charge in [-0.1, -0.05) is 13.8 Å². The van der Waals surface area contributed by atoms with Crippen molar-refractivity contribution in [1.29, 1.82) is 0 Å². The Morgan fingerprint density at radius 1 is 1.35 bits per heavy atom. The average Bonchev–Trinajstić information content (AvgIpc) is 2.79. The number of hydrogen-bond acceptors (Lipinski definition) is 3. The lowest BCUT2D eigenvalue weighted by Crippen LogP contribution is -2.47. The molecule has 2 heterocycles. The first-order valence-corrected chi connectivity index (χ1v) is 7.25. The van der Waals surface area contributed by atoms with Gasteiger partial charge in [0.25, 0.3) is 0 Å². The lowest BCUT2D eigenvalue weighted by molar-refractivity contribution is 0.0573. The van der Waals surface area contributed by atoms with E-state index in [0.717, 1.165) is 31.7 Å². The van der Waals surface area contributed by atoms with Crippen molar-refractivity contribution in [3.8, 4) is 0 Å². The number of ether oxygens (including phenoxy) is 1. The van der Waals surface area contributed by atoms with Gasteiger partial charge in [-0.25, -0.2) is 0 Å². The van der Waals surface area contributed by atoms with Crippen LogP contribution < -0.4 is 5.32 Å². The van der Waals surface area contributed by atoms with Gasteiger partial charge in [0.1, 0.15) is 0 Å². The third-order valence-electron chi connectivity index (χ3n) is 4.30. The van der Waals surface area contributed by atoms with E-state index >= 15 is 0 Å². The first-order chi connectivity index (χ1) is 8.18. The van der Waals surface area contributed by atoms with E-state index < -0.39 is 0 Å². The molecule has 0 aromatic rings. The Balaban J connectivity index is 1.83. The molecule has 0 saturated carbocycles. The van der Waals surface area contributed by atoms with Gasteiger partial charge in [0.15, 0.2) is 0 Å². The Bertz CT molecular complexity index is 226. The summed E-state index contributed by atoms with van der Waals surface area (Å²) < 4.78 is 5.54. The fraction of sp³-hybridized carbons (Fsp3) is 1.00. The minimum Gasteiger partial charge on any atom is -0.379 e. The van der Waals surface area contributed by atoms with Crippen molar-refractivity contribution in [3.05, 3.63) is 0 Å². The summed E-state index contributed by atoms with van der Waals surface area (Å²) >= 11 is 0. The molecule has 0 aromatic carbocycles. The van der Waals surface area contributed by atoms with Crippen LogP contribution in [0.25, 0.3) is 0 Å². The third-order valence-corrected chi connectivity index (χ3v) is 4.30. The summed E-state index contributed by atoms with van der Waals surface area (Å²) in [7, 11) is 0. The van der Waals surface area contributed by atoms with Gasteiger partial charge < -0.3 is 10.1 Å². The van der Waals surface area contributed by atoms with Gasteiger partial charge in [-0.15, -0.1) is 0 Å². The molecule has 3 unspecified atom stereocenters. The van der Waals surface area contributed by atoms with Crippen LogP contribution in [0.15, 0.2) is 0 Å². The molecule has 0 spiro atoms. The molecule has 2 fully saturated rings. The number of nitrogens with one attached hydrogen (secondary N) is 1. The van der Waals surface area contributed by atoms with Crippen LogP contribution in [-0.4, -0.2) is 49.3 Å². The minimum atomic E-state index is 0.562. The van der Waals surface area contributed by atoms with E-state index in [-0.39, 0.29) is 0 Å². The van der Waals surface area contributed by atoms with Crippen molar-refractivity contribution in [2.45, 2.75) is 58.2 Å². The minimum absolute atomic E-state index is 0.562. The first-order valence-electron chi connectivity index (χ1n) is 7.25. The molecule has 3 atom stereocenters. The molecular formula is C14H28N2O. The quantitative estimate of drug-likeness (QED) is 0.812. The molecule has 1 N–H and O–H groups in total. The topological polar surface area (TPSA) is 24.5 Å². The predicted molar refractivity (Wildman–Crippen MR) is 71.3 cm³/mol. The van der Waals surface area contributed by atoms with Gasteiger partial charge in [0.2, 0.25) is 0 Å². The summed E-state index contributed by atoms with van der Waals surface area (Å²) in [6.07, 6.45) is 3.99. The maximum absolute atomic E-state index is 5.54. The van der Waals surface area contributed by atoms with Gasteiger partial charge in [-0.3, -0.25) is 4.90 Å². The molecule has 17 heavy (non-hydrogen) atoms. The van der Waals surface area contributed by atoms with Gasteiger partial charge in [-0.2, -0.15) is 0 Å². The Hall–Kier alpha value is -0.120. The van der Waals surface area contributed by atoms with Crippen LogP contribution in [-0.2, 0) is 4.74 Å². The zero-order chi connectivity index (χ0) is 12.3.